The van der Waals surface area contributed by atoms with Gasteiger partial charge in [0.05, 0.1) is 7.11 Å². The Morgan fingerprint density at radius 1 is 1.33 bits per heavy atom. The first-order valence-electron chi connectivity index (χ1n) is 7.92. The molecule has 2 aliphatic rings. The van der Waals surface area contributed by atoms with E-state index in [9.17, 15) is 19.1 Å². The predicted molar refractivity (Wildman–Crippen MR) is 82.2 cm³/mol. The van der Waals surface area contributed by atoms with Crippen molar-refractivity contribution in [2.45, 2.75) is 37.9 Å². The molecule has 1 spiro atoms. The zero-order chi connectivity index (χ0) is 17.3. The molecule has 3 atom stereocenters. The number of allylic oxidation sites excluding steroid dienone is 1. The van der Waals surface area contributed by atoms with E-state index < -0.39 is 29.4 Å². The van der Waals surface area contributed by atoms with E-state index in [1.165, 1.54) is 25.3 Å². The summed E-state index contributed by atoms with van der Waals surface area (Å²) >= 11 is 0. The highest BCUT2D eigenvalue weighted by Gasteiger charge is 2.55. The fraction of sp³-hybridized carbons (Fsp3) is 0.444. The number of carbonyl (C=O) groups excluding carboxylic acids is 2. The van der Waals surface area contributed by atoms with Crippen LogP contribution in [0.4, 0.5) is 4.39 Å². The molecule has 24 heavy (non-hydrogen) atoms. The molecule has 6 heteroatoms. The van der Waals surface area contributed by atoms with E-state index in [0.29, 0.717) is 18.4 Å². The summed E-state index contributed by atoms with van der Waals surface area (Å²) in [6, 6.07) is 5.72. The van der Waals surface area contributed by atoms with Crippen molar-refractivity contribution in [3.63, 3.8) is 0 Å². The monoisotopic (exact) mass is 334 g/mol. The molecule has 5 nitrogen and oxygen atoms in total. The average Bonchev–Trinajstić information content (AvgIpc) is 2.59. The molecule has 128 valence electrons. The van der Waals surface area contributed by atoms with Gasteiger partial charge in [0.2, 0.25) is 12.0 Å². The minimum absolute atomic E-state index is 0.101. The Morgan fingerprint density at radius 3 is 2.67 bits per heavy atom. The van der Waals surface area contributed by atoms with Crippen LogP contribution in [0.15, 0.2) is 36.1 Å². The van der Waals surface area contributed by atoms with Gasteiger partial charge in [-0.25, -0.2) is 9.18 Å². The SMILES string of the molecule is COC(=O)C1=C[C@H](c2ccc(F)cc2)[C@]2(CCCCC2=O)C(O)O1. The van der Waals surface area contributed by atoms with Crippen molar-refractivity contribution < 1.29 is 28.6 Å². The Labute approximate surface area is 139 Å². The van der Waals surface area contributed by atoms with Crippen LogP contribution in [-0.4, -0.2) is 30.3 Å². The second-order valence-corrected chi connectivity index (χ2v) is 6.19. The van der Waals surface area contributed by atoms with Crippen LogP contribution in [0.2, 0.25) is 0 Å². The first kappa shape index (κ1) is 16.6. The molecule has 0 bridgehead atoms. The van der Waals surface area contributed by atoms with Gasteiger partial charge in [0, 0.05) is 12.3 Å². The molecule has 1 saturated carbocycles. The molecule has 0 radical (unpaired) electrons. The average molecular weight is 334 g/mol. The molecule has 1 N–H and O–H groups in total. The van der Waals surface area contributed by atoms with Crippen molar-refractivity contribution in [3.8, 4) is 0 Å². The van der Waals surface area contributed by atoms with E-state index >= 15 is 0 Å². The highest BCUT2D eigenvalue weighted by molar-refractivity contribution is 5.90. The molecule has 0 amide bonds. The van der Waals surface area contributed by atoms with Gasteiger partial charge in [0.25, 0.3) is 0 Å². The maximum Gasteiger partial charge on any atom is 0.373 e. The minimum Gasteiger partial charge on any atom is -0.463 e. The standard InChI is InChI=1S/C18H19FO5/c1-23-16(21)14-10-13(11-5-7-12(19)8-6-11)18(17(22)24-14)9-3-2-4-15(18)20/h5-8,10,13,17,22H,2-4,9H2,1H3/t13-,17?,18+/m1/s1. The fourth-order valence-electron chi connectivity index (χ4n) is 3.66. The van der Waals surface area contributed by atoms with Crippen LogP contribution in [-0.2, 0) is 19.1 Å². The van der Waals surface area contributed by atoms with Crippen LogP contribution in [0.25, 0.3) is 0 Å². The Bertz CT molecular complexity index is 681. The zero-order valence-electron chi connectivity index (χ0n) is 13.3. The number of benzene rings is 1. The lowest BCUT2D eigenvalue weighted by molar-refractivity contribution is -0.191. The number of ketones is 1. The number of halogens is 1. The number of hydrogen-bond donors (Lipinski definition) is 1. The molecular weight excluding hydrogens is 315 g/mol. The Balaban J connectivity index is 2.12. The molecule has 1 heterocycles. The van der Waals surface area contributed by atoms with Crippen LogP contribution < -0.4 is 0 Å². The smallest absolute Gasteiger partial charge is 0.373 e. The summed E-state index contributed by atoms with van der Waals surface area (Å²) in [6.07, 6.45) is 2.39. The Kier molecular flexibility index (Phi) is 4.41. The van der Waals surface area contributed by atoms with E-state index in [4.69, 9.17) is 4.74 Å². The molecule has 1 aliphatic heterocycles. The van der Waals surface area contributed by atoms with Crippen molar-refractivity contribution in [2.75, 3.05) is 7.11 Å². The third-order valence-corrected chi connectivity index (χ3v) is 4.93. The molecular formula is C18H19FO5. The van der Waals surface area contributed by atoms with E-state index in [2.05, 4.69) is 4.74 Å². The van der Waals surface area contributed by atoms with E-state index in [1.54, 1.807) is 12.1 Å². The van der Waals surface area contributed by atoms with Crippen molar-refractivity contribution in [3.05, 3.63) is 47.5 Å². The maximum atomic E-state index is 13.3. The van der Waals surface area contributed by atoms with Gasteiger partial charge in [0.15, 0.2) is 0 Å². The molecule has 1 aromatic rings. The zero-order valence-corrected chi connectivity index (χ0v) is 13.3. The second kappa shape index (κ2) is 6.36. The number of hydrogen-bond acceptors (Lipinski definition) is 5. The molecule has 3 rings (SSSR count). The number of methoxy groups -OCH3 is 1. The number of Topliss-reactive ketones (excluding diaryl/α,β-unsaturated/α-hetero) is 1. The van der Waals surface area contributed by atoms with Crippen LogP contribution >= 0.6 is 0 Å². The van der Waals surface area contributed by atoms with Crippen LogP contribution in [0.1, 0.15) is 37.2 Å². The number of aliphatic hydroxyl groups excluding tert-OH is 1. The van der Waals surface area contributed by atoms with E-state index in [0.717, 1.165) is 12.8 Å². The number of esters is 1. The summed E-state index contributed by atoms with van der Waals surface area (Å²) in [5.41, 5.74) is -0.511. The van der Waals surface area contributed by atoms with Crippen molar-refractivity contribution in [2.24, 2.45) is 5.41 Å². The number of ether oxygens (including phenoxy) is 2. The largest absolute Gasteiger partial charge is 0.463 e. The molecule has 0 saturated heterocycles. The van der Waals surface area contributed by atoms with Crippen molar-refractivity contribution in [1.29, 1.82) is 0 Å². The summed E-state index contributed by atoms with van der Waals surface area (Å²) in [5.74, 6) is -1.94. The van der Waals surface area contributed by atoms with Crippen LogP contribution in [0.3, 0.4) is 0 Å². The lowest BCUT2D eigenvalue weighted by atomic mass is 9.61. The first-order valence-corrected chi connectivity index (χ1v) is 7.92. The normalized spacial score (nSPS) is 29.8. The van der Waals surface area contributed by atoms with Gasteiger partial charge in [-0.3, -0.25) is 4.79 Å². The van der Waals surface area contributed by atoms with Crippen LogP contribution in [0.5, 0.6) is 0 Å². The molecule has 1 aliphatic carbocycles. The minimum atomic E-state index is -1.44. The molecule has 1 unspecified atom stereocenters. The predicted octanol–water partition coefficient (Wildman–Crippen LogP) is 2.44. The summed E-state index contributed by atoms with van der Waals surface area (Å²) < 4.78 is 23.3. The summed E-state index contributed by atoms with van der Waals surface area (Å²) in [6.45, 7) is 0. The second-order valence-electron chi connectivity index (χ2n) is 6.19. The summed E-state index contributed by atoms with van der Waals surface area (Å²) in [4.78, 5) is 24.5. The van der Waals surface area contributed by atoms with Crippen LogP contribution in [0, 0.1) is 11.2 Å². The number of carbonyl (C=O) groups is 2. The van der Waals surface area contributed by atoms with Gasteiger partial charge in [0.1, 0.15) is 17.0 Å². The van der Waals surface area contributed by atoms with Gasteiger partial charge in [-0.05, 0) is 36.6 Å². The van der Waals surface area contributed by atoms with Gasteiger partial charge in [-0.15, -0.1) is 0 Å². The summed E-state index contributed by atoms with van der Waals surface area (Å²) in [7, 11) is 1.21. The van der Waals surface area contributed by atoms with Gasteiger partial charge in [-0.2, -0.15) is 0 Å². The summed E-state index contributed by atoms with van der Waals surface area (Å²) in [5, 5.41) is 10.6. The van der Waals surface area contributed by atoms with E-state index in [-0.39, 0.29) is 11.5 Å². The topological polar surface area (TPSA) is 72.8 Å². The maximum absolute atomic E-state index is 13.3. The fourth-order valence-corrected chi connectivity index (χ4v) is 3.66. The Morgan fingerprint density at radius 2 is 2.04 bits per heavy atom. The van der Waals surface area contributed by atoms with Gasteiger partial charge >= 0.3 is 5.97 Å². The van der Waals surface area contributed by atoms with Gasteiger partial charge in [-0.1, -0.05) is 18.6 Å². The van der Waals surface area contributed by atoms with Gasteiger partial charge < -0.3 is 14.6 Å². The lowest BCUT2D eigenvalue weighted by Crippen LogP contribution is -2.52. The lowest BCUT2D eigenvalue weighted by Gasteiger charge is -2.46. The highest BCUT2D eigenvalue weighted by Crippen LogP contribution is 2.51. The third-order valence-electron chi connectivity index (χ3n) is 4.93. The third kappa shape index (κ3) is 2.60. The van der Waals surface area contributed by atoms with Crippen molar-refractivity contribution >= 4 is 11.8 Å². The number of rotatable bonds is 2. The molecule has 1 aromatic carbocycles. The van der Waals surface area contributed by atoms with Crippen molar-refractivity contribution in [1.82, 2.24) is 0 Å². The molecule has 1 fully saturated rings. The first-order chi connectivity index (χ1) is 11.5. The highest BCUT2D eigenvalue weighted by atomic mass is 19.1. The Hall–Kier alpha value is -2.21. The van der Waals surface area contributed by atoms with E-state index in [1.807, 2.05) is 0 Å². The quantitative estimate of drug-likeness (QED) is 0.841. The number of aliphatic hydroxyl groups is 1. The molecule has 0 aromatic heterocycles.